The average molecular weight is 210 g/mol. The van der Waals surface area contributed by atoms with Crippen LogP contribution >= 0.6 is 11.3 Å². The van der Waals surface area contributed by atoms with E-state index in [1.807, 2.05) is 13.0 Å². The number of fused-ring (bicyclic) bond motifs is 1. The van der Waals surface area contributed by atoms with E-state index in [1.54, 1.807) is 0 Å². The molecule has 0 unspecified atom stereocenters. The van der Waals surface area contributed by atoms with Crippen molar-refractivity contribution in [1.29, 1.82) is 0 Å². The molecule has 0 aliphatic heterocycles. The van der Waals surface area contributed by atoms with Crippen molar-refractivity contribution in [3.8, 4) is 0 Å². The molecular formula is C9H8BFO2S. The summed E-state index contributed by atoms with van der Waals surface area (Å²) in [6.07, 6.45) is 0. The van der Waals surface area contributed by atoms with Crippen LogP contribution in [0.4, 0.5) is 4.39 Å². The van der Waals surface area contributed by atoms with Gasteiger partial charge in [-0.25, -0.2) is 4.39 Å². The third kappa shape index (κ3) is 1.54. The maximum absolute atomic E-state index is 13.0. The lowest BCUT2D eigenvalue weighted by molar-refractivity contribution is 0.426. The van der Waals surface area contributed by atoms with Crippen molar-refractivity contribution in [1.82, 2.24) is 0 Å². The monoisotopic (exact) mass is 210 g/mol. The van der Waals surface area contributed by atoms with Crippen LogP contribution in [0.5, 0.6) is 0 Å². The summed E-state index contributed by atoms with van der Waals surface area (Å²) in [6.45, 7) is 1.90. The average Bonchev–Trinajstić information content (AvgIpc) is 2.42. The molecule has 0 bridgehead atoms. The molecule has 72 valence electrons. The maximum atomic E-state index is 13.0. The number of halogens is 1. The van der Waals surface area contributed by atoms with Crippen LogP contribution < -0.4 is 5.46 Å². The van der Waals surface area contributed by atoms with E-state index in [2.05, 4.69) is 0 Å². The van der Waals surface area contributed by atoms with Gasteiger partial charge in [-0.1, -0.05) is 0 Å². The largest absolute Gasteiger partial charge is 0.490 e. The molecule has 0 atom stereocenters. The molecule has 0 aliphatic rings. The standard InChI is InChI=1S/C9H8BFO2S/c1-5-2-6-3-7(11)4-8(10(12)13)9(6)14-5/h2-4,12-13H,1H3. The molecular weight excluding hydrogens is 202 g/mol. The maximum Gasteiger partial charge on any atom is 0.490 e. The van der Waals surface area contributed by atoms with Crippen molar-refractivity contribution in [3.05, 3.63) is 28.9 Å². The Hall–Kier alpha value is -0.905. The highest BCUT2D eigenvalue weighted by Crippen LogP contribution is 2.24. The summed E-state index contributed by atoms with van der Waals surface area (Å²) < 4.78 is 13.8. The fraction of sp³-hybridized carbons (Fsp3) is 0.111. The molecule has 14 heavy (non-hydrogen) atoms. The fourth-order valence-electron chi connectivity index (χ4n) is 1.46. The van der Waals surface area contributed by atoms with Crippen LogP contribution in [0.25, 0.3) is 10.1 Å². The summed E-state index contributed by atoms with van der Waals surface area (Å²) in [5.41, 5.74) is 0.234. The first-order chi connectivity index (χ1) is 6.58. The van der Waals surface area contributed by atoms with Gasteiger partial charge in [-0.05, 0) is 30.5 Å². The minimum absolute atomic E-state index is 0.234. The van der Waals surface area contributed by atoms with Crippen molar-refractivity contribution in [2.45, 2.75) is 6.92 Å². The van der Waals surface area contributed by atoms with Crippen molar-refractivity contribution < 1.29 is 14.4 Å². The molecule has 0 radical (unpaired) electrons. The van der Waals surface area contributed by atoms with E-state index >= 15 is 0 Å². The van der Waals surface area contributed by atoms with Crippen LogP contribution in [-0.2, 0) is 0 Å². The van der Waals surface area contributed by atoms with Gasteiger partial charge in [0.15, 0.2) is 0 Å². The van der Waals surface area contributed by atoms with Gasteiger partial charge in [0.1, 0.15) is 5.82 Å². The van der Waals surface area contributed by atoms with Gasteiger partial charge in [0.05, 0.1) is 0 Å². The van der Waals surface area contributed by atoms with Crippen LogP contribution in [0.1, 0.15) is 4.88 Å². The number of hydrogen-bond donors (Lipinski definition) is 2. The molecule has 2 nitrogen and oxygen atoms in total. The van der Waals surface area contributed by atoms with Crippen LogP contribution in [0.2, 0.25) is 0 Å². The van der Waals surface area contributed by atoms with Gasteiger partial charge < -0.3 is 10.0 Å². The molecule has 0 fully saturated rings. The highest BCUT2D eigenvalue weighted by Gasteiger charge is 2.17. The number of aryl methyl sites for hydroxylation is 1. The van der Waals surface area contributed by atoms with Crippen LogP contribution in [0, 0.1) is 12.7 Å². The Balaban J connectivity index is 2.79. The Morgan fingerprint density at radius 2 is 2.00 bits per heavy atom. The molecule has 5 heteroatoms. The second kappa shape index (κ2) is 3.35. The quantitative estimate of drug-likeness (QED) is 0.690. The zero-order chi connectivity index (χ0) is 10.3. The minimum atomic E-state index is -1.62. The zero-order valence-electron chi connectivity index (χ0n) is 7.49. The van der Waals surface area contributed by atoms with E-state index in [4.69, 9.17) is 10.0 Å². The van der Waals surface area contributed by atoms with E-state index in [-0.39, 0.29) is 5.46 Å². The van der Waals surface area contributed by atoms with E-state index < -0.39 is 12.9 Å². The number of hydrogen-bond acceptors (Lipinski definition) is 3. The Morgan fingerprint density at radius 3 is 2.64 bits per heavy atom. The van der Waals surface area contributed by atoms with Crippen LogP contribution in [0.3, 0.4) is 0 Å². The number of thiophene rings is 1. The predicted octanol–water partition coefficient (Wildman–Crippen LogP) is 1.03. The molecule has 0 spiro atoms. The van der Waals surface area contributed by atoms with E-state index in [0.29, 0.717) is 0 Å². The highest BCUT2D eigenvalue weighted by molar-refractivity contribution is 7.20. The SMILES string of the molecule is Cc1cc2cc(F)cc(B(O)O)c2s1. The van der Waals surface area contributed by atoms with E-state index in [0.717, 1.165) is 21.0 Å². The predicted molar refractivity (Wildman–Crippen MR) is 56.3 cm³/mol. The molecule has 1 heterocycles. The van der Waals surface area contributed by atoms with Crippen LogP contribution in [-0.4, -0.2) is 17.2 Å². The fourth-order valence-corrected chi connectivity index (χ4v) is 2.49. The van der Waals surface area contributed by atoms with Gasteiger partial charge in [0, 0.05) is 15.0 Å². The Kier molecular flexibility index (Phi) is 2.30. The molecule has 0 saturated heterocycles. The Bertz CT molecular complexity index is 481. The summed E-state index contributed by atoms with van der Waals surface area (Å²) in [4.78, 5) is 1.02. The van der Waals surface area contributed by atoms with Crippen LogP contribution in [0.15, 0.2) is 18.2 Å². The highest BCUT2D eigenvalue weighted by atomic mass is 32.1. The van der Waals surface area contributed by atoms with E-state index in [9.17, 15) is 4.39 Å². The van der Waals surface area contributed by atoms with Crippen molar-refractivity contribution in [2.75, 3.05) is 0 Å². The minimum Gasteiger partial charge on any atom is -0.423 e. The third-order valence-corrected chi connectivity index (χ3v) is 3.13. The smallest absolute Gasteiger partial charge is 0.423 e. The Labute approximate surface area is 84.8 Å². The van der Waals surface area contributed by atoms with Gasteiger partial charge in [0.25, 0.3) is 0 Å². The molecule has 0 amide bonds. The van der Waals surface area contributed by atoms with Crippen molar-refractivity contribution in [3.63, 3.8) is 0 Å². The topological polar surface area (TPSA) is 40.5 Å². The summed E-state index contributed by atoms with van der Waals surface area (Å²) >= 11 is 1.43. The van der Waals surface area contributed by atoms with Crippen molar-refractivity contribution >= 4 is 34.0 Å². The Morgan fingerprint density at radius 1 is 1.29 bits per heavy atom. The van der Waals surface area contributed by atoms with Gasteiger partial charge in [-0.15, -0.1) is 11.3 Å². The summed E-state index contributed by atoms with van der Waals surface area (Å²) in [5.74, 6) is -0.446. The third-order valence-electron chi connectivity index (χ3n) is 2.01. The summed E-state index contributed by atoms with van der Waals surface area (Å²) in [5, 5.41) is 18.8. The second-order valence-electron chi connectivity index (χ2n) is 3.14. The normalized spacial score (nSPS) is 10.9. The molecule has 0 aliphatic carbocycles. The van der Waals surface area contributed by atoms with Gasteiger partial charge in [0.2, 0.25) is 0 Å². The molecule has 1 aromatic carbocycles. The molecule has 1 aromatic heterocycles. The first kappa shape index (κ1) is 9.64. The molecule has 2 N–H and O–H groups in total. The molecule has 0 saturated carbocycles. The lowest BCUT2D eigenvalue weighted by Gasteiger charge is -2.01. The number of rotatable bonds is 1. The lowest BCUT2D eigenvalue weighted by atomic mass is 9.80. The summed E-state index contributed by atoms with van der Waals surface area (Å²) in [6, 6.07) is 4.38. The first-order valence-corrected chi connectivity index (χ1v) is 4.95. The van der Waals surface area contributed by atoms with Crippen molar-refractivity contribution in [2.24, 2.45) is 0 Å². The number of benzene rings is 1. The second-order valence-corrected chi connectivity index (χ2v) is 4.40. The lowest BCUT2D eigenvalue weighted by Crippen LogP contribution is -2.30. The van der Waals surface area contributed by atoms with Gasteiger partial charge in [-0.2, -0.15) is 0 Å². The summed E-state index contributed by atoms with van der Waals surface area (Å²) in [7, 11) is -1.62. The van der Waals surface area contributed by atoms with Gasteiger partial charge in [-0.3, -0.25) is 0 Å². The molecule has 2 aromatic rings. The zero-order valence-corrected chi connectivity index (χ0v) is 8.31. The van der Waals surface area contributed by atoms with E-state index in [1.165, 1.54) is 17.4 Å². The van der Waals surface area contributed by atoms with Gasteiger partial charge >= 0.3 is 7.12 Å². The molecule has 2 rings (SSSR count). The first-order valence-electron chi connectivity index (χ1n) is 4.13.